The topological polar surface area (TPSA) is 72.5 Å². The summed E-state index contributed by atoms with van der Waals surface area (Å²) in [4.78, 5) is 10.5. The molecule has 3 unspecified atom stereocenters. The van der Waals surface area contributed by atoms with Crippen LogP contribution in [-0.2, 0) is 17.6 Å². The monoisotopic (exact) mass is 489 g/mol. The molecule has 0 fully saturated rings. The van der Waals surface area contributed by atoms with Gasteiger partial charge in [0.1, 0.15) is 12.4 Å². The van der Waals surface area contributed by atoms with Crippen LogP contribution in [0.1, 0.15) is 24.5 Å². The lowest BCUT2D eigenvalue weighted by Crippen LogP contribution is -2.42. The van der Waals surface area contributed by atoms with Gasteiger partial charge < -0.3 is 15.4 Å². The van der Waals surface area contributed by atoms with Crippen LogP contribution in [0.4, 0.5) is 0 Å². The summed E-state index contributed by atoms with van der Waals surface area (Å²) in [7, 11) is -2.66. The second-order valence-electron chi connectivity index (χ2n) is 8.21. The zero-order valence-electron chi connectivity index (χ0n) is 18.0. The maximum absolute atomic E-state index is 11.5. The van der Waals surface area contributed by atoms with Gasteiger partial charge in [0, 0.05) is 26.9 Å². The number of halogens is 1. The van der Waals surface area contributed by atoms with Gasteiger partial charge >= 0.3 is 0 Å². The molecular formula is C25H29ClNO3PS. The molecule has 170 valence electrons. The summed E-state index contributed by atoms with van der Waals surface area (Å²) in [5.41, 5.74) is 7.80. The van der Waals surface area contributed by atoms with E-state index >= 15 is 0 Å². The average Bonchev–Trinajstić information content (AvgIpc) is 2.73. The van der Waals surface area contributed by atoms with Crippen LogP contribution in [0.15, 0.2) is 83.8 Å². The molecule has 3 rings (SSSR count). The highest BCUT2D eigenvalue weighted by molar-refractivity contribution is 8.00. The third-order valence-corrected chi connectivity index (χ3v) is 7.68. The third-order valence-electron chi connectivity index (χ3n) is 5.01. The van der Waals surface area contributed by atoms with Gasteiger partial charge in [-0.25, -0.2) is 0 Å². The lowest BCUT2D eigenvalue weighted by Gasteiger charge is -2.29. The summed E-state index contributed by atoms with van der Waals surface area (Å²) in [6.07, 6.45) is 1.38. The minimum absolute atomic E-state index is 0.0793. The summed E-state index contributed by atoms with van der Waals surface area (Å²) >= 11 is 8.10. The first-order chi connectivity index (χ1) is 15.3. The van der Waals surface area contributed by atoms with Crippen molar-refractivity contribution in [3.8, 4) is 5.75 Å². The van der Waals surface area contributed by atoms with Crippen LogP contribution in [0.25, 0.3) is 0 Å². The number of nitrogens with two attached hydrogens (primary N) is 1. The smallest absolute Gasteiger partial charge is 0.190 e. The molecule has 0 aliphatic heterocycles. The molecule has 4 nitrogen and oxygen atoms in total. The highest BCUT2D eigenvalue weighted by Crippen LogP contribution is 2.35. The largest absolute Gasteiger partial charge is 0.489 e. The van der Waals surface area contributed by atoms with Crippen molar-refractivity contribution in [3.63, 3.8) is 0 Å². The minimum Gasteiger partial charge on any atom is -0.489 e. The normalized spacial score (nSPS) is 15.0. The van der Waals surface area contributed by atoms with Gasteiger partial charge in [-0.3, -0.25) is 4.57 Å². The van der Waals surface area contributed by atoms with Crippen molar-refractivity contribution >= 4 is 31.4 Å². The van der Waals surface area contributed by atoms with E-state index in [0.29, 0.717) is 24.5 Å². The first kappa shape index (κ1) is 24.9. The number of ether oxygens (including phenoxy) is 1. The number of benzene rings is 3. The van der Waals surface area contributed by atoms with Crippen molar-refractivity contribution in [1.82, 2.24) is 0 Å². The van der Waals surface area contributed by atoms with Crippen LogP contribution in [0.5, 0.6) is 5.75 Å². The lowest BCUT2D eigenvalue weighted by molar-refractivity contribution is 0.305. The first-order valence-electron chi connectivity index (χ1n) is 10.5. The Morgan fingerprint density at radius 3 is 2.53 bits per heavy atom. The summed E-state index contributed by atoms with van der Waals surface area (Å²) < 4.78 is 17.4. The van der Waals surface area contributed by atoms with Crippen molar-refractivity contribution in [3.05, 3.63) is 95.0 Å². The van der Waals surface area contributed by atoms with Crippen LogP contribution >= 0.6 is 31.4 Å². The predicted molar refractivity (Wildman–Crippen MR) is 135 cm³/mol. The van der Waals surface area contributed by atoms with E-state index < -0.39 is 13.6 Å². The number of thioether (sulfide) groups is 1. The summed E-state index contributed by atoms with van der Waals surface area (Å²) in [5.74, 6) is 0.797. The van der Waals surface area contributed by atoms with Crippen molar-refractivity contribution in [2.24, 2.45) is 5.73 Å². The second-order valence-corrected chi connectivity index (χ2v) is 11.1. The number of hydrogen-bond acceptors (Lipinski definition) is 4. The van der Waals surface area contributed by atoms with Gasteiger partial charge in [0.05, 0.1) is 0 Å². The van der Waals surface area contributed by atoms with E-state index in [0.717, 1.165) is 21.8 Å². The fraction of sp³-hybridized carbons (Fsp3) is 0.280. The van der Waals surface area contributed by atoms with Gasteiger partial charge in [0.15, 0.2) is 8.03 Å². The lowest BCUT2D eigenvalue weighted by atomic mass is 9.96. The molecule has 3 atom stereocenters. The van der Waals surface area contributed by atoms with Crippen LogP contribution in [-0.4, -0.2) is 21.8 Å². The Morgan fingerprint density at radius 2 is 1.81 bits per heavy atom. The maximum Gasteiger partial charge on any atom is 0.190 e. The molecule has 3 aromatic rings. The number of rotatable bonds is 11. The Labute approximate surface area is 200 Å². The van der Waals surface area contributed by atoms with Crippen LogP contribution in [0.3, 0.4) is 0 Å². The van der Waals surface area contributed by atoms with Crippen molar-refractivity contribution in [1.29, 1.82) is 0 Å². The molecule has 0 heterocycles. The van der Waals surface area contributed by atoms with Crippen molar-refractivity contribution in [2.75, 3.05) is 6.16 Å². The number of hydrogen-bond donors (Lipinski definition) is 2. The van der Waals surface area contributed by atoms with Gasteiger partial charge in [-0.05, 0) is 55.2 Å². The van der Waals surface area contributed by atoms with Gasteiger partial charge in [-0.15, -0.1) is 11.8 Å². The van der Waals surface area contributed by atoms with E-state index in [4.69, 9.17) is 22.1 Å². The quantitative estimate of drug-likeness (QED) is 0.248. The molecule has 3 aromatic carbocycles. The standard InChI is InChI=1S/C25H29ClNO3PS/c1-25(27,18-31(28)29)16-23(14-20-10-5-6-13-24(20)26)32-22-12-7-11-21(15-22)30-17-19-8-3-2-4-9-19/h2-13,15,23,31H,14,16-18,27H2,1H3,(H,28,29). The van der Waals surface area contributed by atoms with Crippen LogP contribution in [0, 0.1) is 0 Å². The van der Waals surface area contributed by atoms with Gasteiger partial charge in [0.2, 0.25) is 0 Å². The molecule has 32 heavy (non-hydrogen) atoms. The van der Waals surface area contributed by atoms with Gasteiger partial charge in [-0.1, -0.05) is 66.2 Å². The summed E-state index contributed by atoms with van der Waals surface area (Å²) in [6.45, 7) is 2.34. The van der Waals surface area contributed by atoms with E-state index in [2.05, 4.69) is 0 Å². The molecule has 0 spiro atoms. The molecule has 0 radical (unpaired) electrons. The van der Waals surface area contributed by atoms with Crippen molar-refractivity contribution < 1.29 is 14.2 Å². The zero-order chi connectivity index (χ0) is 23.0. The molecule has 0 saturated carbocycles. The third kappa shape index (κ3) is 8.31. The van der Waals surface area contributed by atoms with E-state index in [1.165, 1.54) is 0 Å². The Hall–Kier alpha value is -1.75. The summed E-state index contributed by atoms with van der Waals surface area (Å²) in [5, 5.41) is 0.795. The molecule has 0 aliphatic carbocycles. The minimum atomic E-state index is -2.66. The first-order valence-corrected chi connectivity index (χ1v) is 13.3. The van der Waals surface area contributed by atoms with E-state index in [1.54, 1.807) is 11.8 Å². The van der Waals surface area contributed by atoms with Gasteiger partial charge in [-0.2, -0.15) is 0 Å². The Morgan fingerprint density at radius 1 is 1.09 bits per heavy atom. The van der Waals surface area contributed by atoms with E-state index in [9.17, 15) is 9.46 Å². The molecule has 0 aromatic heterocycles. The van der Waals surface area contributed by atoms with Crippen molar-refractivity contribution in [2.45, 2.75) is 42.1 Å². The highest BCUT2D eigenvalue weighted by Gasteiger charge is 2.27. The SMILES string of the molecule is CC(N)(CC(Cc1ccccc1Cl)Sc1cccc(OCc2ccccc2)c1)C[PH](=O)O. The fourth-order valence-corrected chi connectivity index (χ4v) is 6.07. The molecule has 3 N–H and O–H groups in total. The highest BCUT2D eigenvalue weighted by atomic mass is 35.5. The fourth-order valence-electron chi connectivity index (χ4n) is 3.57. The molecule has 0 saturated heterocycles. The summed E-state index contributed by atoms with van der Waals surface area (Å²) in [6, 6.07) is 25.8. The Bertz CT molecular complexity index is 1030. The molecule has 0 amide bonds. The molecule has 0 bridgehead atoms. The van der Waals surface area contributed by atoms with Crippen LogP contribution in [0.2, 0.25) is 5.02 Å². The zero-order valence-corrected chi connectivity index (χ0v) is 20.6. The molecule has 0 aliphatic rings. The Kier molecular flexibility index (Phi) is 9.27. The van der Waals surface area contributed by atoms with E-state index in [-0.39, 0.29) is 11.4 Å². The van der Waals surface area contributed by atoms with E-state index in [1.807, 2.05) is 85.8 Å². The Balaban J connectivity index is 1.74. The maximum atomic E-state index is 11.5. The predicted octanol–water partition coefficient (Wildman–Crippen LogP) is 6.20. The molecule has 7 heteroatoms. The van der Waals surface area contributed by atoms with Gasteiger partial charge in [0.25, 0.3) is 0 Å². The average molecular weight is 490 g/mol. The second kappa shape index (κ2) is 11.9. The molecular weight excluding hydrogens is 461 g/mol. The van der Waals surface area contributed by atoms with Crippen LogP contribution < -0.4 is 10.5 Å².